The minimum Gasteiger partial charge on any atom is -0.432 e. The fourth-order valence-electron chi connectivity index (χ4n) is 1.84. The highest BCUT2D eigenvalue weighted by atomic mass is 16.6. The molecule has 0 saturated carbocycles. The second-order valence-corrected chi connectivity index (χ2v) is 4.77. The number of aryl methyl sites for hydroxylation is 1. The van der Waals surface area contributed by atoms with Gasteiger partial charge in [-0.25, -0.2) is 4.98 Å². The van der Waals surface area contributed by atoms with E-state index in [9.17, 15) is 10.1 Å². The highest BCUT2D eigenvalue weighted by molar-refractivity contribution is 5.49. The molecule has 0 aliphatic rings. The first-order valence-electron chi connectivity index (χ1n) is 6.57. The summed E-state index contributed by atoms with van der Waals surface area (Å²) < 4.78 is 5.52. The van der Waals surface area contributed by atoms with Gasteiger partial charge in [-0.3, -0.25) is 10.1 Å². The lowest BCUT2D eigenvalue weighted by molar-refractivity contribution is -0.385. The molecule has 0 amide bonds. The Labute approximate surface area is 122 Å². The lowest BCUT2D eigenvalue weighted by Gasteiger charge is -2.11. The summed E-state index contributed by atoms with van der Waals surface area (Å²) in [6, 6.07) is 8.59. The first kappa shape index (κ1) is 14.9. The molecule has 6 heteroatoms. The van der Waals surface area contributed by atoms with Crippen LogP contribution in [0.3, 0.4) is 0 Å². The summed E-state index contributed by atoms with van der Waals surface area (Å²) in [5, 5.41) is 14.2. The predicted octanol–water partition coefficient (Wildman–Crippen LogP) is 3.37. The molecule has 1 N–H and O–H groups in total. The molecule has 21 heavy (non-hydrogen) atoms. The molecule has 110 valence electrons. The van der Waals surface area contributed by atoms with E-state index in [1.54, 1.807) is 31.3 Å². The van der Waals surface area contributed by atoms with Crippen molar-refractivity contribution in [3.63, 3.8) is 0 Å². The van der Waals surface area contributed by atoms with E-state index in [-0.39, 0.29) is 17.5 Å². The zero-order valence-corrected chi connectivity index (χ0v) is 12.2. The first-order chi connectivity index (χ1) is 10.0. The summed E-state index contributed by atoms with van der Waals surface area (Å²) in [5.74, 6) is 0.515. The maximum absolute atomic E-state index is 11.0. The Morgan fingerprint density at radius 1 is 1.33 bits per heavy atom. The summed E-state index contributed by atoms with van der Waals surface area (Å²) in [5.41, 5.74) is 1.76. The van der Waals surface area contributed by atoms with Gasteiger partial charge in [-0.15, -0.1) is 0 Å². The molecule has 2 aromatic rings. The van der Waals surface area contributed by atoms with Gasteiger partial charge in [0.05, 0.1) is 4.92 Å². The molecule has 1 unspecified atom stereocenters. The third kappa shape index (κ3) is 3.55. The van der Waals surface area contributed by atoms with Gasteiger partial charge in [0.15, 0.2) is 0 Å². The van der Waals surface area contributed by atoms with Crippen LogP contribution in [-0.4, -0.2) is 17.0 Å². The number of hydrogen-bond acceptors (Lipinski definition) is 5. The number of nitrogens with one attached hydrogen (secondary N) is 1. The molecule has 6 nitrogen and oxygen atoms in total. The zero-order chi connectivity index (χ0) is 15.4. The fourth-order valence-corrected chi connectivity index (χ4v) is 1.84. The van der Waals surface area contributed by atoms with Crippen LogP contribution < -0.4 is 10.1 Å². The molecule has 1 atom stereocenters. The van der Waals surface area contributed by atoms with E-state index in [4.69, 9.17) is 4.74 Å². The largest absolute Gasteiger partial charge is 0.432 e. The molecule has 1 aromatic carbocycles. The Morgan fingerprint density at radius 3 is 2.67 bits per heavy atom. The number of nitro groups is 1. The summed E-state index contributed by atoms with van der Waals surface area (Å²) in [4.78, 5) is 14.8. The van der Waals surface area contributed by atoms with Gasteiger partial charge in [-0.2, -0.15) is 0 Å². The average Bonchev–Trinajstić information content (AvgIpc) is 2.49. The Morgan fingerprint density at radius 2 is 2.10 bits per heavy atom. The Balaban J connectivity index is 2.24. The van der Waals surface area contributed by atoms with Crippen LogP contribution in [0.15, 0.2) is 36.5 Å². The minimum atomic E-state index is -0.459. The normalized spacial score (nSPS) is 12.0. The van der Waals surface area contributed by atoms with Crippen LogP contribution in [0.2, 0.25) is 0 Å². The quantitative estimate of drug-likeness (QED) is 0.674. The SMILES string of the molecule is CNC(C)c1ccc(Oc2ccc(C)cc2[N+](=O)[O-])nc1. The lowest BCUT2D eigenvalue weighted by atomic mass is 10.1. The van der Waals surface area contributed by atoms with Crippen LogP contribution in [0.4, 0.5) is 5.69 Å². The molecule has 0 saturated heterocycles. The molecule has 1 heterocycles. The molecule has 2 rings (SSSR count). The molecule has 0 aliphatic heterocycles. The molecular formula is C15H17N3O3. The Bertz CT molecular complexity index is 641. The monoisotopic (exact) mass is 287 g/mol. The van der Waals surface area contributed by atoms with Gasteiger partial charge >= 0.3 is 5.69 Å². The van der Waals surface area contributed by atoms with Crippen molar-refractivity contribution < 1.29 is 9.66 Å². The number of aromatic nitrogens is 1. The maximum Gasteiger partial charge on any atom is 0.311 e. The number of benzene rings is 1. The van der Waals surface area contributed by atoms with Gasteiger partial charge in [-0.1, -0.05) is 12.1 Å². The van der Waals surface area contributed by atoms with E-state index in [1.165, 1.54) is 6.07 Å². The van der Waals surface area contributed by atoms with E-state index < -0.39 is 4.92 Å². The van der Waals surface area contributed by atoms with Crippen LogP contribution in [-0.2, 0) is 0 Å². The number of hydrogen-bond donors (Lipinski definition) is 1. The van der Waals surface area contributed by atoms with E-state index >= 15 is 0 Å². The molecule has 0 aliphatic carbocycles. The van der Waals surface area contributed by atoms with Gasteiger partial charge < -0.3 is 10.1 Å². The van der Waals surface area contributed by atoms with Crippen molar-refractivity contribution in [1.29, 1.82) is 0 Å². The smallest absolute Gasteiger partial charge is 0.311 e. The van der Waals surface area contributed by atoms with Gasteiger partial charge in [0.1, 0.15) is 0 Å². The number of ether oxygens (including phenoxy) is 1. The second-order valence-electron chi connectivity index (χ2n) is 4.77. The van der Waals surface area contributed by atoms with E-state index in [0.29, 0.717) is 5.88 Å². The van der Waals surface area contributed by atoms with Crippen molar-refractivity contribution in [3.05, 3.63) is 57.8 Å². The van der Waals surface area contributed by atoms with E-state index in [1.807, 2.05) is 20.0 Å². The second kappa shape index (κ2) is 6.32. The summed E-state index contributed by atoms with van der Waals surface area (Å²) in [6.45, 7) is 3.81. The Hall–Kier alpha value is -2.47. The highest BCUT2D eigenvalue weighted by Crippen LogP contribution is 2.31. The van der Waals surface area contributed by atoms with Crippen LogP contribution in [0, 0.1) is 17.0 Å². The van der Waals surface area contributed by atoms with Crippen molar-refractivity contribution in [2.24, 2.45) is 0 Å². The standard InChI is InChI=1S/C15H17N3O3/c1-10-4-6-14(13(8-10)18(19)20)21-15-7-5-12(9-17-15)11(2)16-3/h4-9,11,16H,1-3H3. The van der Waals surface area contributed by atoms with Gasteiger partial charge in [0.2, 0.25) is 11.6 Å². The van der Waals surface area contributed by atoms with Crippen LogP contribution in [0.1, 0.15) is 24.1 Å². The highest BCUT2D eigenvalue weighted by Gasteiger charge is 2.16. The summed E-state index contributed by atoms with van der Waals surface area (Å²) in [6.07, 6.45) is 1.69. The molecule has 1 aromatic heterocycles. The molecule has 0 fully saturated rings. The van der Waals surface area contributed by atoms with Crippen molar-refractivity contribution in [2.75, 3.05) is 7.05 Å². The molecular weight excluding hydrogens is 270 g/mol. The van der Waals surface area contributed by atoms with Crippen LogP contribution in [0.25, 0.3) is 0 Å². The van der Waals surface area contributed by atoms with Crippen molar-refractivity contribution in [3.8, 4) is 11.6 Å². The zero-order valence-electron chi connectivity index (χ0n) is 12.2. The summed E-state index contributed by atoms with van der Waals surface area (Å²) >= 11 is 0. The van der Waals surface area contributed by atoms with Crippen molar-refractivity contribution >= 4 is 5.69 Å². The van der Waals surface area contributed by atoms with Crippen LogP contribution in [0.5, 0.6) is 11.6 Å². The van der Waals surface area contributed by atoms with Gasteiger partial charge in [0.25, 0.3) is 0 Å². The number of nitrogens with zero attached hydrogens (tertiary/aromatic N) is 2. The minimum absolute atomic E-state index is 0.0653. The first-order valence-corrected chi connectivity index (χ1v) is 6.57. The van der Waals surface area contributed by atoms with Crippen molar-refractivity contribution in [1.82, 2.24) is 10.3 Å². The van der Waals surface area contributed by atoms with E-state index in [2.05, 4.69) is 10.3 Å². The van der Waals surface area contributed by atoms with Crippen LogP contribution >= 0.6 is 0 Å². The molecule has 0 bridgehead atoms. The predicted molar refractivity (Wildman–Crippen MR) is 79.6 cm³/mol. The number of rotatable bonds is 5. The third-order valence-electron chi connectivity index (χ3n) is 3.22. The third-order valence-corrected chi connectivity index (χ3v) is 3.22. The molecule has 0 radical (unpaired) electrons. The maximum atomic E-state index is 11.0. The van der Waals surface area contributed by atoms with E-state index in [0.717, 1.165) is 11.1 Å². The summed E-state index contributed by atoms with van der Waals surface area (Å²) in [7, 11) is 1.87. The molecule has 0 spiro atoms. The fraction of sp³-hybridized carbons (Fsp3) is 0.267. The average molecular weight is 287 g/mol. The lowest BCUT2D eigenvalue weighted by Crippen LogP contribution is -2.12. The van der Waals surface area contributed by atoms with Crippen molar-refractivity contribution in [2.45, 2.75) is 19.9 Å². The topological polar surface area (TPSA) is 77.3 Å². The van der Waals surface area contributed by atoms with Gasteiger partial charge in [-0.05, 0) is 38.1 Å². The van der Waals surface area contributed by atoms with Gasteiger partial charge in [0, 0.05) is 24.4 Å². The number of nitro benzene ring substituents is 1. The Kier molecular flexibility index (Phi) is 4.49. The number of pyridine rings is 1.